The fourth-order valence-corrected chi connectivity index (χ4v) is 6.06. The number of halogens is 1. The molecule has 0 spiro atoms. The molecule has 0 unspecified atom stereocenters. The van der Waals surface area contributed by atoms with E-state index in [4.69, 9.17) is 4.74 Å². The molecule has 2 fully saturated rings. The predicted octanol–water partition coefficient (Wildman–Crippen LogP) is 5.60. The predicted molar refractivity (Wildman–Crippen MR) is 123 cm³/mol. The Morgan fingerprint density at radius 1 is 1.03 bits per heavy atom. The first-order valence-electron chi connectivity index (χ1n) is 11.8. The highest BCUT2D eigenvalue weighted by molar-refractivity contribution is 5.78. The van der Waals surface area contributed by atoms with Crippen LogP contribution in [0.5, 0.6) is 0 Å². The van der Waals surface area contributed by atoms with E-state index in [-0.39, 0.29) is 16.6 Å². The van der Waals surface area contributed by atoms with Gasteiger partial charge in [-0.2, -0.15) is 0 Å². The van der Waals surface area contributed by atoms with Gasteiger partial charge in [0, 0.05) is 57.2 Å². The third-order valence-corrected chi connectivity index (χ3v) is 7.04. The van der Waals surface area contributed by atoms with Crippen molar-refractivity contribution in [3.05, 3.63) is 35.7 Å². The second-order valence-corrected chi connectivity index (χ2v) is 11.2. The number of anilines is 1. The summed E-state index contributed by atoms with van der Waals surface area (Å²) in [6.45, 7) is 16.5. The molecule has 0 radical (unpaired) electrons. The second kappa shape index (κ2) is 8.63. The van der Waals surface area contributed by atoms with Crippen molar-refractivity contribution in [2.75, 3.05) is 50.8 Å². The third-order valence-electron chi connectivity index (χ3n) is 7.04. The molecule has 0 N–H and O–H groups in total. The van der Waals surface area contributed by atoms with Crippen LogP contribution in [0.3, 0.4) is 0 Å². The number of benzene rings is 1. The Morgan fingerprint density at radius 3 is 2.40 bits per heavy atom. The summed E-state index contributed by atoms with van der Waals surface area (Å²) in [6, 6.07) is 5.41. The van der Waals surface area contributed by atoms with E-state index >= 15 is 0 Å². The van der Waals surface area contributed by atoms with Crippen molar-refractivity contribution in [3.63, 3.8) is 0 Å². The topological polar surface area (TPSA) is 15.7 Å². The smallest absolute Gasteiger partial charge is 0.123 e. The zero-order valence-electron chi connectivity index (χ0n) is 19.3. The average molecular weight is 415 g/mol. The highest BCUT2D eigenvalue weighted by Crippen LogP contribution is 2.48. The minimum Gasteiger partial charge on any atom is -0.381 e. The Kier molecular flexibility index (Phi) is 6.28. The Balaban J connectivity index is 1.50. The molecule has 2 saturated heterocycles. The molecule has 166 valence electrons. The fourth-order valence-electron chi connectivity index (χ4n) is 6.06. The quantitative estimate of drug-likeness (QED) is 0.637. The van der Waals surface area contributed by atoms with E-state index in [1.165, 1.54) is 37.1 Å². The second-order valence-electron chi connectivity index (χ2n) is 11.2. The largest absolute Gasteiger partial charge is 0.381 e. The molecule has 1 aromatic rings. The summed E-state index contributed by atoms with van der Waals surface area (Å²) >= 11 is 0. The van der Waals surface area contributed by atoms with Gasteiger partial charge in [0.15, 0.2) is 0 Å². The molecule has 3 nitrogen and oxygen atoms in total. The highest BCUT2D eigenvalue weighted by atomic mass is 19.1. The zero-order valence-corrected chi connectivity index (χ0v) is 19.3. The molecule has 0 bridgehead atoms. The average Bonchev–Trinajstić information content (AvgIpc) is 2.67. The van der Waals surface area contributed by atoms with Gasteiger partial charge in [-0.1, -0.05) is 33.8 Å². The Bertz CT molecular complexity index is 771. The Morgan fingerprint density at radius 2 is 1.73 bits per heavy atom. The Hall–Kier alpha value is -1.39. The van der Waals surface area contributed by atoms with Crippen molar-refractivity contribution in [1.82, 2.24) is 4.90 Å². The lowest BCUT2D eigenvalue weighted by Gasteiger charge is -2.42. The molecule has 0 saturated carbocycles. The zero-order chi connectivity index (χ0) is 21.4. The van der Waals surface area contributed by atoms with E-state index in [1.807, 2.05) is 6.07 Å². The van der Waals surface area contributed by atoms with Crippen molar-refractivity contribution < 1.29 is 9.13 Å². The number of piperazine rings is 1. The maximum absolute atomic E-state index is 14.3. The molecule has 4 rings (SSSR count). The van der Waals surface area contributed by atoms with Gasteiger partial charge in [-0.25, -0.2) is 4.39 Å². The van der Waals surface area contributed by atoms with Crippen molar-refractivity contribution in [1.29, 1.82) is 0 Å². The monoisotopic (exact) mass is 414 g/mol. The normalized spacial score (nSPS) is 25.2. The third kappa shape index (κ3) is 5.26. The van der Waals surface area contributed by atoms with Gasteiger partial charge in [-0.15, -0.1) is 0 Å². The van der Waals surface area contributed by atoms with Gasteiger partial charge in [0.05, 0.1) is 0 Å². The van der Waals surface area contributed by atoms with Crippen LogP contribution < -0.4 is 4.90 Å². The first-order valence-corrected chi connectivity index (χ1v) is 11.8. The molecule has 2 heterocycles. The van der Waals surface area contributed by atoms with Gasteiger partial charge in [0.25, 0.3) is 0 Å². The molecular weight excluding hydrogens is 375 g/mol. The summed E-state index contributed by atoms with van der Waals surface area (Å²) in [5.41, 5.74) is 4.01. The van der Waals surface area contributed by atoms with Crippen LogP contribution in [0.25, 0.3) is 5.57 Å². The summed E-state index contributed by atoms with van der Waals surface area (Å²) in [7, 11) is 0. The number of rotatable bonds is 4. The lowest BCUT2D eigenvalue weighted by Crippen LogP contribution is -2.48. The van der Waals surface area contributed by atoms with Crippen LogP contribution in [-0.2, 0) is 4.74 Å². The van der Waals surface area contributed by atoms with E-state index in [2.05, 4.69) is 43.6 Å². The molecular formula is C26H39FN2O. The minimum atomic E-state index is -0.131. The first-order chi connectivity index (χ1) is 14.2. The van der Waals surface area contributed by atoms with Crippen LogP contribution in [0, 0.1) is 22.6 Å². The van der Waals surface area contributed by atoms with Crippen molar-refractivity contribution in [3.8, 4) is 0 Å². The van der Waals surface area contributed by atoms with E-state index in [0.717, 1.165) is 57.3 Å². The van der Waals surface area contributed by atoms with Crippen molar-refractivity contribution >= 4 is 11.3 Å². The fraction of sp³-hybridized carbons (Fsp3) is 0.692. The summed E-state index contributed by atoms with van der Waals surface area (Å²) in [6.07, 6.45) is 6.97. The summed E-state index contributed by atoms with van der Waals surface area (Å²) in [4.78, 5) is 5.09. The van der Waals surface area contributed by atoms with E-state index in [9.17, 15) is 4.39 Å². The van der Waals surface area contributed by atoms with Gasteiger partial charge >= 0.3 is 0 Å². The SMILES string of the molecule is CC1(C)C=C(c2cc(F)ccc2N2CCN(CC3CCOCC3)CC2)CC(C)(C)C1. The standard InChI is InChI=1S/C26H39FN2O/c1-25(2)16-21(17-26(3,4)19-25)23-15-22(27)5-6-24(23)29-11-9-28(10-12-29)18-20-7-13-30-14-8-20/h5-6,15-16,20H,7-14,17-19H2,1-4H3. The lowest BCUT2D eigenvalue weighted by atomic mass is 9.65. The first kappa shape index (κ1) is 21.8. The highest BCUT2D eigenvalue weighted by Gasteiger charge is 2.34. The molecule has 4 heteroatoms. The summed E-state index contributed by atoms with van der Waals surface area (Å²) in [5, 5.41) is 0. The summed E-state index contributed by atoms with van der Waals surface area (Å²) < 4.78 is 19.8. The molecule has 30 heavy (non-hydrogen) atoms. The molecule has 3 aliphatic rings. The number of nitrogens with zero attached hydrogens (tertiary/aromatic N) is 2. The van der Waals surface area contributed by atoms with E-state index in [1.54, 1.807) is 12.1 Å². The number of hydrogen-bond acceptors (Lipinski definition) is 3. The number of hydrogen-bond donors (Lipinski definition) is 0. The summed E-state index contributed by atoms with van der Waals surface area (Å²) in [5.74, 6) is 0.650. The molecule has 0 amide bonds. The van der Waals surface area contributed by atoms with E-state index < -0.39 is 0 Å². The number of allylic oxidation sites excluding steroid dienone is 2. The van der Waals surface area contributed by atoms with Crippen LogP contribution in [0.15, 0.2) is 24.3 Å². The molecule has 2 aliphatic heterocycles. The molecule has 0 aromatic heterocycles. The van der Waals surface area contributed by atoms with Gasteiger partial charge in [-0.3, -0.25) is 4.90 Å². The van der Waals surface area contributed by atoms with Crippen LogP contribution in [-0.4, -0.2) is 50.8 Å². The molecule has 0 atom stereocenters. The van der Waals surface area contributed by atoms with Crippen LogP contribution in [0.2, 0.25) is 0 Å². The van der Waals surface area contributed by atoms with Crippen LogP contribution >= 0.6 is 0 Å². The Labute approximate surface area is 182 Å². The molecule has 1 aliphatic carbocycles. The van der Waals surface area contributed by atoms with Gasteiger partial charge in [0.1, 0.15) is 5.82 Å². The maximum atomic E-state index is 14.3. The van der Waals surface area contributed by atoms with E-state index in [0.29, 0.717) is 0 Å². The lowest BCUT2D eigenvalue weighted by molar-refractivity contribution is 0.0517. The van der Waals surface area contributed by atoms with Crippen molar-refractivity contribution in [2.45, 2.75) is 53.4 Å². The van der Waals surface area contributed by atoms with Crippen molar-refractivity contribution in [2.24, 2.45) is 16.7 Å². The van der Waals surface area contributed by atoms with Gasteiger partial charge in [0.2, 0.25) is 0 Å². The molecule has 1 aromatic carbocycles. The van der Waals surface area contributed by atoms with Crippen LogP contribution in [0.1, 0.15) is 58.9 Å². The van der Waals surface area contributed by atoms with Gasteiger partial charge < -0.3 is 9.64 Å². The van der Waals surface area contributed by atoms with Gasteiger partial charge in [-0.05, 0) is 66.2 Å². The van der Waals surface area contributed by atoms with Crippen LogP contribution in [0.4, 0.5) is 10.1 Å². The minimum absolute atomic E-state index is 0.131. The maximum Gasteiger partial charge on any atom is 0.123 e. The number of ether oxygens (including phenoxy) is 1.